The molecule has 0 rings (SSSR count). The van der Waals surface area contributed by atoms with Crippen molar-refractivity contribution in [3.05, 3.63) is 36.3 Å². The van der Waals surface area contributed by atoms with Crippen LogP contribution in [0.1, 0.15) is 20.8 Å². The molecule has 0 fully saturated rings. The van der Waals surface area contributed by atoms with Crippen LogP contribution in [-0.2, 0) is 9.47 Å². The molecular weight excluding hydrogens is 164 g/mol. The molecule has 0 atom stereocenters. The molecule has 0 saturated heterocycles. The van der Waals surface area contributed by atoms with Gasteiger partial charge in [-0.05, 0) is 12.5 Å². The van der Waals surface area contributed by atoms with Crippen molar-refractivity contribution >= 4 is 0 Å². The Labute approximate surface area is 81.6 Å². The first-order chi connectivity index (χ1) is 6.11. The molecule has 0 spiro atoms. The van der Waals surface area contributed by atoms with Crippen molar-refractivity contribution in [3.8, 4) is 0 Å². The maximum Gasteiger partial charge on any atom is 0.124 e. The van der Waals surface area contributed by atoms with Gasteiger partial charge in [-0.25, -0.2) is 0 Å². The lowest BCUT2D eigenvalue weighted by molar-refractivity contribution is 0.282. The summed E-state index contributed by atoms with van der Waals surface area (Å²) in [6.45, 7) is 13.2. The summed E-state index contributed by atoms with van der Waals surface area (Å²) in [4.78, 5) is 0. The van der Waals surface area contributed by atoms with Crippen LogP contribution in [0.15, 0.2) is 36.3 Å². The Morgan fingerprint density at radius 1 is 1.08 bits per heavy atom. The monoisotopic (exact) mass is 184 g/mol. The van der Waals surface area contributed by atoms with Crippen LogP contribution in [0, 0.1) is 0 Å². The van der Waals surface area contributed by atoms with Gasteiger partial charge in [-0.1, -0.05) is 27.0 Å². The lowest BCUT2D eigenvalue weighted by Gasteiger charge is -2.05. The van der Waals surface area contributed by atoms with Crippen molar-refractivity contribution in [1.29, 1.82) is 0 Å². The van der Waals surface area contributed by atoms with E-state index < -0.39 is 0 Å². The Bertz CT molecular complexity index is 190. The average molecular weight is 184 g/mol. The first-order valence-electron chi connectivity index (χ1n) is 4.26. The van der Waals surface area contributed by atoms with Crippen molar-refractivity contribution in [2.75, 3.05) is 14.2 Å². The van der Waals surface area contributed by atoms with E-state index in [0.29, 0.717) is 11.5 Å². The Morgan fingerprint density at radius 2 is 1.54 bits per heavy atom. The summed E-state index contributed by atoms with van der Waals surface area (Å²) in [7, 11) is 3.15. The molecule has 0 bridgehead atoms. The number of rotatable bonds is 4. The van der Waals surface area contributed by atoms with Crippen molar-refractivity contribution in [1.82, 2.24) is 0 Å². The molecule has 0 aromatic heterocycles. The first kappa shape index (κ1) is 14.3. The molecule has 0 heterocycles. The van der Waals surface area contributed by atoms with Crippen LogP contribution in [0.3, 0.4) is 0 Å². The third-order valence-corrected chi connectivity index (χ3v) is 1.19. The van der Waals surface area contributed by atoms with Gasteiger partial charge in [-0.15, -0.1) is 0 Å². The van der Waals surface area contributed by atoms with Crippen molar-refractivity contribution in [3.63, 3.8) is 0 Å². The Hall–Kier alpha value is -1.18. The smallest absolute Gasteiger partial charge is 0.124 e. The molecule has 0 amide bonds. The van der Waals surface area contributed by atoms with Crippen LogP contribution >= 0.6 is 0 Å². The Balaban J connectivity index is 0. The van der Waals surface area contributed by atoms with Gasteiger partial charge in [0.1, 0.15) is 11.5 Å². The second-order valence-electron chi connectivity index (χ2n) is 2.16. The second-order valence-corrected chi connectivity index (χ2v) is 2.16. The summed E-state index contributed by atoms with van der Waals surface area (Å²) in [6, 6.07) is 0. The van der Waals surface area contributed by atoms with Gasteiger partial charge in [-0.2, -0.15) is 0 Å². The summed E-state index contributed by atoms with van der Waals surface area (Å²) in [6.07, 6.45) is 1.70. The summed E-state index contributed by atoms with van der Waals surface area (Å²) in [5.41, 5.74) is 0.853. The fourth-order valence-electron chi connectivity index (χ4n) is 0.561. The molecule has 0 unspecified atom stereocenters. The molecule has 76 valence electrons. The average Bonchev–Trinajstić information content (AvgIpc) is 2.16. The number of ether oxygens (including phenoxy) is 2. The highest BCUT2D eigenvalue weighted by atomic mass is 16.5. The van der Waals surface area contributed by atoms with Crippen LogP contribution < -0.4 is 0 Å². The van der Waals surface area contributed by atoms with Crippen molar-refractivity contribution in [2.24, 2.45) is 0 Å². The second kappa shape index (κ2) is 8.91. The number of allylic oxidation sites excluding steroid dienone is 2. The van der Waals surface area contributed by atoms with E-state index in [2.05, 4.69) is 13.2 Å². The number of hydrogen-bond acceptors (Lipinski definition) is 2. The van der Waals surface area contributed by atoms with E-state index in [4.69, 9.17) is 9.47 Å². The molecule has 13 heavy (non-hydrogen) atoms. The van der Waals surface area contributed by atoms with E-state index in [1.54, 1.807) is 20.3 Å². The Morgan fingerprint density at radius 3 is 1.77 bits per heavy atom. The third-order valence-electron chi connectivity index (χ3n) is 1.19. The third kappa shape index (κ3) is 7.19. The fourth-order valence-corrected chi connectivity index (χ4v) is 0.561. The highest BCUT2D eigenvalue weighted by Crippen LogP contribution is 2.09. The summed E-state index contributed by atoms with van der Waals surface area (Å²) in [5.74, 6) is 1.25. The van der Waals surface area contributed by atoms with Crippen LogP contribution in [0.4, 0.5) is 0 Å². The zero-order valence-electron chi connectivity index (χ0n) is 9.31. The van der Waals surface area contributed by atoms with E-state index in [1.165, 1.54) is 0 Å². The molecule has 0 N–H and O–H groups in total. The largest absolute Gasteiger partial charge is 0.497 e. The van der Waals surface area contributed by atoms with Gasteiger partial charge in [0, 0.05) is 6.08 Å². The van der Waals surface area contributed by atoms with E-state index in [9.17, 15) is 0 Å². The molecule has 0 aromatic carbocycles. The van der Waals surface area contributed by atoms with Crippen molar-refractivity contribution in [2.45, 2.75) is 20.8 Å². The van der Waals surface area contributed by atoms with Crippen LogP contribution in [0.5, 0.6) is 0 Å². The molecule has 0 radical (unpaired) electrons. The molecule has 0 aromatic rings. The zero-order valence-corrected chi connectivity index (χ0v) is 9.31. The quantitative estimate of drug-likeness (QED) is 0.493. The first-order valence-corrected chi connectivity index (χ1v) is 4.26. The summed E-state index contributed by atoms with van der Waals surface area (Å²) < 4.78 is 9.85. The Kier molecular flexibility index (Phi) is 9.84. The van der Waals surface area contributed by atoms with Gasteiger partial charge in [-0.3, -0.25) is 0 Å². The fraction of sp³-hybridized carbons (Fsp3) is 0.455. The van der Waals surface area contributed by atoms with Crippen LogP contribution in [0.25, 0.3) is 0 Å². The van der Waals surface area contributed by atoms with E-state index >= 15 is 0 Å². The van der Waals surface area contributed by atoms with Gasteiger partial charge < -0.3 is 9.47 Å². The summed E-state index contributed by atoms with van der Waals surface area (Å²) >= 11 is 0. The standard InChI is InChI=1S/C9H14O2.C2H6/c1-7(2)9(11-5)6-8(3)10-4;1-2/h6H,1,3H2,2,4-5H3;1-2H3/b9-6+;. The molecular formula is C11H20O2. The van der Waals surface area contributed by atoms with Crippen LogP contribution in [-0.4, -0.2) is 14.2 Å². The van der Waals surface area contributed by atoms with Gasteiger partial charge in [0.15, 0.2) is 0 Å². The van der Waals surface area contributed by atoms with Crippen LogP contribution in [0.2, 0.25) is 0 Å². The van der Waals surface area contributed by atoms with E-state index in [1.807, 2.05) is 20.8 Å². The van der Waals surface area contributed by atoms with Gasteiger partial charge in [0.05, 0.1) is 14.2 Å². The van der Waals surface area contributed by atoms with Gasteiger partial charge in [0.2, 0.25) is 0 Å². The maximum absolute atomic E-state index is 5.00. The topological polar surface area (TPSA) is 18.5 Å². The minimum Gasteiger partial charge on any atom is -0.497 e. The SMILES string of the molecule is C=C(/C=C(/OC)C(=C)C)OC.CC. The molecule has 0 saturated carbocycles. The number of methoxy groups -OCH3 is 2. The van der Waals surface area contributed by atoms with Crippen molar-refractivity contribution < 1.29 is 9.47 Å². The highest BCUT2D eigenvalue weighted by molar-refractivity contribution is 5.26. The molecule has 0 aliphatic heterocycles. The predicted molar refractivity (Wildman–Crippen MR) is 57.4 cm³/mol. The van der Waals surface area contributed by atoms with E-state index in [-0.39, 0.29) is 0 Å². The molecule has 0 aliphatic carbocycles. The predicted octanol–water partition coefficient (Wildman–Crippen LogP) is 3.28. The maximum atomic E-state index is 5.00. The molecule has 0 aliphatic rings. The number of hydrogen-bond donors (Lipinski definition) is 0. The summed E-state index contributed by atoms with van der Waals surface area (Å²) in [5, 5.41) is 0. The lowest BCUT2D eigenvalue weighted by Crippen LogP contribution is -1.89. The molecule has 2 nitrogen and oxygen atoms in total. The van der Waals surface area contributed by atoms with Gasteiger partial charge in [0.25, 0.3) is 0 Å². The minimum absolute atomic E-state index is 0.560. The van der Waals surface area contributed by atoms with E-state index in [0.717, 1.165) is 5.57 Å². The molecule has 2 heteroatoms. The zero-order chi connectivity index (χ0) is 10.9. The van der Waals surface area contributed by atoms with Gasteiger partial charge >= 0.3 is 0 Å². The minimum atomic E-state index is 0.560. The highest BCUT2D eigenvalue weighted by Gasteiger charge is 1.96. The normalized spacial score (nSPS) is 9.46. The lowest BCUT2D eigenvalue weighted by atomic mass is 10.2.